The van der Waals surface area contributed by atoms with E-state index in [9.17, 15) is 0 Å². The highest BCUT2D eigenvalue weighted by atomic mass is 32.2. The molecular formula is C12H25NS. The minimum absolute atomic E-state index is 0.796. The molecule has 2 atom stereocenters. The van der Waals surface area contributed by atoms with Gasteiger partial charge in [-0.15, -0.1) is 0 Å². The largest absolute Gasteiger partial charge is 0.314 e. The molecule has 0 amide bonds. The molecule has 2 unspecified atom stereocenters. The van der Waals surface area contributed by atoms with E-state index in [0.717, 1.165) is 16.5 Å². The molecule has 0 aromatic rings. The van der Waals surface area contributed by atoms with Crippen LogP contribution in [0, 0.1) is 0 Å². The average molecular weight is 215 g/mol. The second-order valence-electron chi connectivity index (χ2n) is 4.62. The monoisotopic (exact) mass is 215 g/mol. The van der Waals surface area contributed by atoms with Crippen molar-refractivity contribution in [1.29, 1.82) is 0 Å². The van der Waals surface area contributed by atoms with Crippen molar-refractivity contribution in [2.45, 2.75) is 69.4 Å². The van der Waals surface area contributed by atoms with Crippen molar-refractivity contribution in [2.24, 2.45) is 0 Å². The third-order valence-electron chi connectivity index (χ3n) is 2.77. The first-order chi connectivity index (χ1) is 6.72. The molecule has 1 aliphatic carbocycles. The summed E-state index contributed by atoms with van der Waals surface area (Å²) in [6.45, 7) is 8.07. The average Bonchev–Trinajstić information content (AvgIpc) is 2.14. The maximum absolute atomic E-state index is 3.66. The second kappa shape index (κ2) is 6.73. The molecule has 0 aromatic heterocycles. The molecule has 2 heteroatoms. The summed E-state index contributed by atoms with van der Waals surface area (Å²) in [4.78, 5) is 0. The van der Waals surface area contributed by atoms with Gasteiger partial charge in [-0.25, -0.2) is 0 Å². The molecule has 0 heterocycles. The summed E-state index contributed by atoms with van der Waals surface area (Å²) < 4.78 is 0. The Morgan fingerprint density at radius 2 is 2.14 bits per heavy atom. The van der Waals surface area contributed by atoms with Gasteiger partial charge in [0, 0.05) is 11.3 Å². The molecule has 1 aliphatic rings. The van der Waals surface area contributed by atoms with E-state index in [2.05, 4.69) is 37.8 Å². The highest BCUT2D eigenvalue weighted by molar-refractivity contribution is 8.00. The van der Waals surface area contributed by atoms with Crippen LogP contribution in [0.3, 0.4) is 0 Å². The Bertz CT molecular complexity index is 147. The summed E-state index contributed by atoms with van der Waals surface area (Å²) in [5.74, 6) is 0. The predicted molar refractivity (Wildman–Crippen MR) is 67.1 cm³/mol. The Hall–Kier alpha value is 0.310. The third kappa shape index (κ3) is 4.70. The van der Waals surface area contributed by atoms with Gasteiger partial charge in [-0.2, -0.15) is 11.8 Å². The molecule has 1 N–H and O–H groups in total. The fraction of sp³-hybridized carbons (Fsp3) is 1.00. The summed E-state index contributed by atoms with van der Waals surface area (Å²) in [6, 6.07) is 0.806. The number of hydrogen-bond acceptors (Lipinski definition) is 2. The smallest absolute Gasteiger partial charge is 0.00776 e. The van der Waals surface area contributed by atoms with Gasteiger partial charge in [0.1, 0.15) is 0 Å². The predicted octanol–water partition coefficient (Wildman–Crippen LogP) is 3.44. The zero-order chi connectivity index (χ0) is 10.4. The van der Waals surface area contributed by atoms with Gasteiger partial charge in [0.25, 0.3) is 0 Å². The van der Waals surface area contributed by atoms with Crippen LogP contribution in [0.15, 0.2) is 0 Å². The van der Waals surface area contributed by atoms with Crippen molar-refractivity contribution in [3.05, 3.63) is 0 Å². The molecule has 14 heavy (non-hydrogen) atoms. The number of thioether (sulfide) groups is 1. The van der Waals surface area contributed by atoms with Gasteiger partial charge in [0.2, 0.25) is 0 Å². The van der Waals surface area contributed by atoms with Crippen molar-refractivity contribution in [1.82, 2.24) is 5.32 Å². The van der Waals surface area contributed by atoms with E-state index in [4.69, 9.17) is 0 Å². The summed E-state index contributed by atoms with van der Waals surface area (Å²) in [7, 11) is 0. The standard InChI is InChI=1S/C12H25NS/c1-4-8-13-11-6-5-7-12(9-11)14-10(2)3/h10-13H,4-9H2,1-3H3. The lowest BCUT2D eigenvalue weighted by Crippen LogP contribution is -2.35. The maximum atomic E-state index is 3.66. The van der Waals surface area contributed by atoms with Crippen LogP contribution in [-0.4, -0.2) is 23.1 Å². The van der Waals surface area contributed by atoms with Gasteiger partial charge in [-0.05, 0) is 37.5 Å². The van der Waals surface area contributed by atoms with Crippen LogP contribution in [-0.2, 0) is 0 Å². The Morgan fingerprint density at radius 1 is 1.36 bits per heavy atom. The molecule has 0 aromatic carbocycles. The van der Waals surface area contributed by atoms with E-state index in [1.807, 2.05) is 0 Å². The second-order valence-corrected chi connectivity index (χ2v) is 6.51. The van der Waals surface area contributed by atoms with Gasteiger partial charge < -0.3 is 5.32 Å². The lowest BCUT2D eigenvalue weighted by atomic mass is 9.95. The molecular weight excluding hydrogens is 190 g/mol. The molecule has 0 bridgehead atoms. The summed E-state index contributed by atoms with van der Waals surface area (Å²) >= 11 is 2.17. The van der Waals surface area contributed by atoms with Crippen LogP contribution in [0.5, 0.6) is 0 Å². The van der Waals surface area contributed by atoms with Crippen LogP contribution in [0.4, 0.5) is 0 Å². The van der Waals surface area contributed by atoms with Gasteiger partial charge in [0.15, 0.2) is 0 Å². The van der Waals surface area contributed by atoms with Crippen molar-refractivity contribution >= 4 is 11.8 Å². The van der Waals surface area contributed by atoms with Crippen LogP contribution in [0.1, 0.15) is 52.9 Å². The third-order valence-corrected chi connectivity index (χ3v) is 4.13. The van der Waals surface area contributed by atoms with E-state index in [0.29, 0.717) is 0 Å². The van der Waals surface area contributed by atoms with Crippen LogP contribution in [0.25, 0.3) is 0 Å². The minimum Gasteiger partial charge on any atom is -0.314 e. The molecule has 1 fully saturated rings. The van der Waals surface area contributed by atoms with Crippen molar-refractivity contribution in [3.8, 4) is 0 Å². The highest BCUT2D eigenvalue weighted by Crippen LogP contribution is 2.30. The van der Waals surface area contributed by atoms with Crippen molar-refractivity contribution in [3.63, 3.8) is 0 Å². The highest BCUT2D eigenvalue weighted by Gasteiger charge is 2.22. The van der Waals surface area contributed by atoms with Crippen molar-refractivity contribution < 1.29 is 0 Å². The zero-order valence-electron chi connectivity index (χ0n) is 9.88. The molecule has 1 nitrogen and oxygen atoms in total. The fourth-order valence-electron chi connectivity index (χ4n) is 2.19. The molecule has 1 saturated carbocycles. The Morgan fingerprint density at radius 3 is 2.79 bits per heavy atom. The van der Waals surface area contributed by atoms with Crippen LogP contribution >= 0.6 is 11.8 Å². The molecule has 1 rings (SSSR count). The van der Waals surface area contributed by atoms with E-state index in [-0.39, 0.29) is 0 Å². The van der Waals surface area contributed by atoms with E-state index >= 15 is 0 Å². The number of hydrogen-bond donors (Lipinski definition) is 1. The topological polar surface area (TPSA) is 12.0 Å². The first-order valence-electron chi connectivity index (χ1n) is 6.11. The fourth-order valence-corrected chi connectivity index (χ4v) is 3.60. The SMILES string of the molecule is CCCNC1CCCC(SC(C)C)C1. The Balaban J connectivity index is 2.21. The summed E-state index contributed by atoms with van der Waals surface area (Å²) in [5, 5.41) is 5.37. The molecule has 0 spiro atoms. The van der Waals surface area contributed by atoms with Gasteiger partial charge >= 0.3 is 0 Å². The number of nitrogens with one attached hydrogen (secondary N) is 1. The normalized spacial score (nSPS) is 28.3. The van der Waals surface area contributed by atoms with E-state index in [1.54, 1.807) is 0 Å². The molecule has 0 saturated heterocycles. The molecule has 0 aliphatic heterocycles. The van der Waals surface area contributed by atoms with Gasteiger partial charge in [-0.1, -0.05) is 27.2 Å². The van der Waals surface area contributed by atoms with E-state index < -0.39 is 0 Å². The van der Waals surface area contributed by atoms with Crippen LogP contribution in [0.2, 0.25) is 0 Å². The van der Waals surface area contributed by atoms with Gasteiger partial charge in [0.05, 0.1) is 0 Å². The Labute approximate surface area is 93.4 Å². The first kappa shape index (κ1) is 12.4. The lowest BCUT2D eigenvalue weighted by molar-refractivity contribution is 0.381. The van der Waals surface area contributed by atoms with E-state index in [1.165, 1.54) is 38.6 Å². The molecule has 84 valence electrons. The summed E-state index contributed by atoms with van der Waals surface area (Å²) in [6.07, 6.45) is 6.91. The first-order valence-corrected chi connectivity index (χ1v) is 7.05. The lowest BCUT2D eigenvalue weighted by Gasteiger charge is -2.30. The molecule has 0 radical (unpaired) electrons. The van der Waals surface area contributed by atoms with Crippen LogP contribution < -0.4 is 5.32 Å². The Kier molecular flexibility index (Phi) is 5.95. The minimum atomic E-state index is 0.796. The maximum Gasteiger partial charge on any atom is 0.00776 e. The van der Waals surface area contributed by atoms with Crippen molar-refractivity contribution in [2.75, 3.05) is 6.54 Å². The zero-order valence-corrected chi connectivity index (χ0v) is 10.7. The summed E-state index contributed by atoms with van der Waals surface area (Å²) in [5.41, 5.74) is 0. The van der Waals surface area contributed by atoms with Gasteiger partial charge in [-0.3, -0.25) is 0 Å². The number of rotatable bonds is 5. The quantitative estimate of drug-likeness (QED) is 0.754.